The largest absolute Gasteiger partial charge is 0.378 e. The van der Waals surface area contributed by atoms with Gasteiger partial charge in [-0.1, -0.05) is 23.7 Å². The Morgan fingerprint density at radius 1 is 1.15 bits per heavy atom. The second-order valence-corrected chi connectivity index (χ2v) is 7.98. The van der Waals surface area contributed by atoms with Crippen LogP contribution in [0.5, 0.6) is 0 Å². The summed E-state index contributed by atoms with van der Waals surface area (Å²) in [4.78, 5) is 14.7. The number of benzene rings is 2. The van der Waals surface area contributed by atoms with E-state index in [-0.39, 0.29) is 11.2 Å². The number of amides is 1. The average molecular weight is 391 g/mol. The van der Waals surface area contributed by atoms with Gasteiger partial charge in [0.25, 0.3) is 0 Å². The van der Waals surface area contributed by atoms with Crippen LogP contribution in [0.15, 0.2) is 48.5 Å². The average Bonchev–Trinajstić information content (AvgIpc) is 2.68. The summed E-state index contributed by atoms with van der Waals surface area (Å²) in [6.07, 6.45) is 0. The molecule has 1 heterocycles. The lowest BCUT2D eigenvalue weighted by Gasteiger charge is -2.28. The number of nitrogens with one attached hydrogen (secondary N) is 1. The van der Waals surface area contributed by atoms with Crippen molar-refractivity contribution in [3.8, 4) is 0 Å². The van der Waals surface area contributed by atoms with Crippen LogP contribution in [0.25, 0.3) is 0 Å². The summed E-state index contributed by atoms with van der Waals surface area (Å²) < 4.78 is 5.38. The molecule has 0 aromatic heterocycles. The van der Waals surface area contributed by atoms with E-state index in [1.54, 1.807) is 11.8 Å². The van der Waals surface area contributed by atoms with Gasteiger partial charge in [0.15, 0.2) is 0 Å². The quantitative estimate of drug-likeness (QED) is 0.791. The topological polar surface area (TPSA) is 41.6 Å². The summed E-state index contributed by atoms with van der Waals surface area (Å²) in [5.41, 5.74) is 3.15. The maximum atomic E-state index is 12.4. The fourth-order valence-corrected chi connectivity index (χ4v) is 3.67. The molecule has 138 valence electrons. The molecule has 0 spiro atoms. The molecule has 0 saturated carbocycles. The zero-order valence-electron chi connectivity index (χ0n) is 14.8. The molecule has 4 nitrogen and oxygen atoms in total. The van der Waals surface area contributed by atoms with E-state index in [9.17, 15) is 4.79 Å². The van der Waals surface area contributed by atoms with Crippen molar-refractivity contribution in [2.45, 2.75) is 17.9 Å². The second-order valence-electron chi connectivity index (χ2n) is 6.22. The molecule has 0 bridgehead atoms. The zero-order valence-corrected chi connectivity index (χ0v) is 16.4. The molecule has 1 N–H and O–H groups in total. The van der Waals surface area contributed by atoms with Gasteiger partial charge in [0.05, 0.1) is 18.5 Å². The molecular weight excluding hydrogens is 368 g/mol. The van der Waals surface area contributed by atoms with Crippen molar-refractivity contribution in [3.05, 3.63) is 59.1 Å². The van der Waals surface area contributed by atoms with Crippen LogP contribution in [0.2, 0.25) is 5.02 Å². The third kappa shape index (κ3) is 5.40. The molecule has 1 amide bonds. The van der Waals surface area contributed by atoms with Gasteiger partial charge in [0, 0.05) is 35.2 Å². The Bertz CT molecular complexity index is 716. The Hall–Kier alpha value is -1.69. The number of morpholine rings is 1. The third-order valence-corrected chi connectivity index (χ3v) is 5.76. The highest BCUT2D eigenvalue weighted by Crippen LogP contribution is 2.22. The SMILES string of the molecule is C[C@H](SCc1ccc(Cl)cc1)C(=O)Nc1ccc(N2CCOCC2)cc1. The fourth-order valence-electron chi connectivity index (χ4n) is 2.70. The highest BCUT2D eigenvalue weighted by molar-refractivity contribution is 7.99. The maximum Gasteiger partial charge on any atom is 0.237 e. The molecule has 2 aromatic carbocycles. The first-order chi connectivity index (χ1) is 12.6. The Morgan fingerprint density at radius 2 is 1.81 bits per heavy atom. The van der Waals surface area contributed by atoms with Gasteiger partial charge in [0.1, 0.15) is 0 Å². The third-order valence-electron chi connectivity index (χ3n) is 4.29. The minimum atomic E-state index is -0.135. The molecule has 3 rings (SSSR count). The van der Waals surface area contributed by atoms with Crippen molar-refractivity contribution < 1.29 is 9.53 Å². The van der Waals surface area contributed by atoms with Crippen LogP contribution >= 0.6 is 23.4 Å². The van der Waals surface area contributed by atoms with Crippen LogP contribution in [0.4, 0.5) is 11.4 Å². The van der Waals surface area contributed by atoms with E-state index >= 15 is 0 Å². The molecule has 0 aliphatic carbocycles. The molecule has 1 atom stereocenters. The highest BCUT2D eigenvalue weighted by atomic mass is 35.5. The Kier molecular flexibility index (Phi) is 6.83. The Labute approximate surface area is 163 Å². The number of halogens is 1. The van der Waals surface area contributed by atoms with E-state index in [1.807, 2.05) is 55.5 Å². The number of hydrogen-bond donors (Lipinski definition) is 1. The number of thioether (sulfide) groups is 1. The van der Waals surface area contributed by atoms with Crippen molar-refractivity contribution in [2.24, 2.45) is 0 Å². The number of nitrogens with zero attached hydrogens (tertiary/aromatic N) is 1. The number of ether oxygens (including phenoxy) is 1. The van der Waals surface area contributed by atoms with Crippen molar-refractivity contribution >= 4 is 40.6 Å². The number of carbonyl (C=O) groups is 1. The molecule has 6 heteroatoms. The minimum Gasteiger partial charge on any atom is -0.378 e. The van der Waals surface area contributed by atoms with E-state index in [0.717, 1.165) is 54.0 Å². The van der Waals surface area contributed by atoms with Gasteiger partial charge in [0.2, 0.25) is 5.91 Å². The minimum absolute atomic E-state index is 0.0167. The molecule has 2 aromatic rings. The van der Waals surface area contributed by atoms with Gasteiger partial charge in [-0.05, 0) is 48.9 Å². The first kappa shape index (κ1) is 19.1. The van der Waals surface area contributed by atoms with Gasteiger partial charge in [-0.15, -0.1) is 11.8 Å². The molecule has 1 aliphatic rings. The normalized spacial score (nSPS) is 15.5. The highest BCUT2D eigenvalue weighted by Gasteiger charge is 2.15. The standard InChI is InChI=1S/C20H23ClN2O2S/c1-15(26-14-16-2-4-17(21)5-3-16)20(24)22-18-6-8-19(9-7-18)23-10-12-25-13-11-23/h2-9,15H,10-14H2,1H3,(H,22,24)/t15-/m0/s1. The monoisotopic (exact) mass is 390 g/mol. The van der Waals surface area contributed by atoms with Crippen LogP contribution in [-0.4, -0.2) is 37.5 Å². The summed E-state index contributed by atoms with van der Waals surface area (Å²) in [5, 5.41) is 3.59. The lowest BCUT2D eigenvalue weighted by Crippen LogP contribution is -2.36. The smallest absolute Gasteiger partial charge is 0.237 e. The van der Waals surface area contributed by atoms with E-state index < -0.39 is 0 Å². The number of carbonyl (C=O) groups excluding carboxylic acids is 1. The lowest BCUT2D eigenvalue weighted by molar-refractivity contribution is -0.115. The molecule has 1 aliphatic heterocycles. The predicted molar refractivity (Wildman–Crippen MR) is 110 cm³/mol. The number of anilines is 2. The van der Waals surface area contributed by atoms with Crippen molar-refractivity contribution in [3.63, 3.8) is 0 Å². The molecule has 26 heavy (non-hydrogen) atoms. The fraction of sp³-hybridized carbons (Fsp3) is 0.350. The van der Waals surface area contributed by atoms with Crippen LogP contribution in [-0.2, 0) is 15.3 Å². The van der Waals surface area contributed by atoms with Crippen LogP contribution in [0.1, 0.15) is 12.5 Å². The number of rotatable bonds is 6. The maximum absolute atomic E-state index is 12.4. The van der Waals surface area contributed by atoms with Gasteiger partial charge in [-0.3, -0.25) is 4.79 Å². The van der Waals surface area contributed by atoms with Crippen LogP contribution in [0.3, 0.4) is 0 Å². The predicted octanol–water partition coefficient (Wildman–Crippen LogP) is 4.44. The molecular formula is C20H23ClN2O2S. The molecule has 0 radical (unpaired) electrons. The first-order valence-electron chi connectivity index (χ1n) is 8.71. The summed E-state index contributed by atoms with van der Waals surface area (Å²) in [6.45, 7) is 5.27. The van der Waals surface area contributed by atoms with Crippen molar-refractivity contribution in [2.75, 3.05) is 36.5 Å². The van der Waals surface area contributed by atoms with Crippen LogP contribution in [0, 0.1) is 0 Å². The molecule has 1 saturated heterocycles. The van der Waals surface area contributed by atoms with Gasteiger partial charge >= 0.3 is 0 Å². The van der Waals surface area contributed by atoms with Crippen LogP contribution < -0.4 is 10.2 Å². The van der Waals surface area contributed by atoms with E-state index in [0.29, 0.717) is 0 Å². The summed E-state index contributed by atoms with van der Waals surface area (Å²) >= 11 is 7.51. The van der Waals surface area contributed by atoms with Crippen molar-refractivity contribution in [1.82, 2.24) is 0 Å². The van der Waals surface area contributed by atoms with E-state index in [4.69, 9.17) is 16.3 Å². The first-order valence-corrected chi connectivity index (χ1v) is 10.1. The lowest BCUT2D eigenvalue weighted by atomic mass is 10.2. The van der Waals surface area contributed by atoms with E-state index in [2.05, 4.69) is 10.2 Å². The summed E-state index contributed by atoms with van der Waals surface area (Å²) in [7, 11) is 0. The number of hydrogen-bond acceptors (Lipinski definition) is 4. The second kappa shape index (κ2) is 9.31. The summed E-state index contributed by atoms with van der Waals surface area (Å²) in [6, 6.07) is 15.7. The summed E-state index contributed by atoms with van der Waals surface area (Å²) in [5.74, 6) is 0.796. The molecule has 1 fully saturated rings. The Balaban J connectivity index is 1.49. The molecule has 0 unspecified atom stereocenters. The van der Waals surface area contributed by atoms with Gasteiger partial charge in [-0.25, -0.2) is 0 Å². The Morgan fingerprint density at radius 3 is 2.46 bits per heavy atom. The van der Waals surface area contributed by atoms with Crippen molar-refractivity contribution in [1.29, 1.82) is 0 Å². The van der Waals surface area contributed by atoms with E-state index in [1.165, 1.54) is 0 Å². The van der Waals surface area contributed by atoms with Gasteiger partial charge < -0.3 is 15.0 Å². The zero-order chi connectivity index (χ0) is 18.4. The van der Waals surface area contributed by atoms with Gasteiger partial charge in [-0.2, -0.15) is 0 Å².